The first-order chi connectivity index (χ1) is 12.1. The molecule has 2 heterocycles. The molecule has 25 heavy (non-hydrogen) atoms. The number of para-hydroxylation sites is 1. The molecule has 0 saturated carbocycles. The lowest BCUT2D eigenvalue weighted by molar-refractivity contribution is 0.581. The third-order valence-electron chi connectivity index (χ3n) is 3.71. The lowest BCUT2D eigenvalue weighted by Crippen LogP contribution is -1.98. The van der Waals surface area contributed by atoms with E-state index in [2.05, 4.69) is 9.97 Å². The van der Waals surface area contributed by atoms with Crippen molar-refractivity contribution < 1.29 is 13.2 Å². The second-order valence-electron chi connectivity index (χ2n) is 5.37. The number of rotatable bonds is 3. The van der Waals surface area contributed by atoms with Crippen molar-refractivity contribution in [1.29, 1.82) is 0 Å². The third kappa shape index (κ3) is 2.80. The van der Waals surface area contributed by atoms with Crippen molar-refractivity contribution in [3.63, 3.8) is 0 Å². The summed E-state index contributed by atoms with van der Waals surface area (Å²) in [7, 11) is 0. The van der Waals surface area contributed by atoms with Crippen molar-refractivity contribution in [2.24, 2.45) is 0 Å². The van der Waals surface area contributed by atoms with E-state index in [4.69, 9.17) is 0 Å². The van der Waals surface area contributed by atoms with Gasteiger partial charge in [-0.3, -0.25) is 4.57 Å². The average molecular weight is 340 g/mol. The highest BCUT2D eigenvalue weighted by Gasteiger charge is 2.13. The zero-order valence-corrected chi connectivity index (χ0v) is 12.8. The quantitative estimate of drug-likeness (QED) is 0.562. The third-order valence-corrected chi connectivity index (χ3v) is 3.71. The van der Waals surface area contributed by atoms with E-state index >= 15 is 0 Å². The van der Waals surface area contributed by atoms with Crippen LogP contribution in [0.4, 0.5) is 13.2 Å². The predicted molar refractivity (Wildman–Crippen MR) is 86.0 cm³/mol. The van der Waals surface area contributed by atoms with Crippen LogP contribution < -0.4 is 0 Å². The molecular formula is C18H11F3N4. The molecule has 4 rings (SSSR count). The van der Waals surface area contributed by atoms with E-state index in [1.165, 1.54) is 39.9 Å². The van der Waals surface area contributed by atoms with Gasteiger partial charge in [-0.1, -0.05) is 12.1 Å². The molecule has 0 unspecified atom stereocenters. The summed E-state index contributed by atoms with van der Waals surface area (Å²) in [5, 5.41) is 0. The Bertz CT molecular complexity index is 1030. The van der Waals surface area contributed by atoms with Gasteiger partial charge in [0, 0.05) is 24.7 Å². The van der Waals surface area contributed by atoms with Crippen LogP contribution in [-0.4, -0.2) is 19.1 Å². The van der Waals surface area contributed by atoms with Gasteiger partial charge < -0.3 is 4.57 Å². The Balaban J connectivity index is 1.78. The molecule has 2 aromatic carbocycles. The van der Waals surface area contributed by atoms with Gasteiger partial charge in [-0.15, -0.1) is 0 Å². The molecule has 7 heteroatoms. The number of hydrogen-bond donors (Lipinski definition) is 0. The summed E-state index contributed by atoms with van der Waals surface area (Å²) in [6.45, 7) is 0. The number of imidazole rings is 2. The van der Waals surface area contributed by atoms with Gasteiger partial charge in [0.2, 0.25) is 0 Å². The maximum atomic E-state index is 13.9. The van der Waals surface area contributed by atoms with E-state index in [0.717, 1.165) is 6.07 Å². The largest absolute Gasteiger partial charge is 0.303 e. The summed E-state index contributed by atoms with van der Waals surface area (Å²) in [6.07, 6.45) is 6.14. The van der Waals surface area contributed by atoms with Gasteiger partial charge in [0.15, 0.2) is 5.82 Å². The highest BCUT2D eigenvalue weighted by atomic mass is 19.1. The minimum Gasteiger partial charge on any atom is -0.303 e. The Morgan fingerprint density at radius 1 is 0.880 bits per heavy atom. The van der Waals surface area contributed by atoms with Crippen LogP contribution in [0.15, 0.2) is 67.4 Å². The summed E-state index contributed by atoms with van der Waals surface area (Å²) in [6, 6.07) is 9.48. The first-order valence-electron chi connectivity index (χ1n) is 7.41. The van der Waals surface area contributed by atoms with E-state index in [0.29, 0.717) is 17.2 Å². The van der Waals surface area contributed by atoms with Crippen LogP contribution in [0.5, 0.6) is 0 Å². The highest BCUT2D eigenvalue weighted by Crippen LogP contribution is 2.23. The van der Waals surface area contributed by atoms with Gasteiger partial charge >= 0.3 is 0 Å². The average Bonchev–Trinajstić information content (AvgIpc) is 3.23. The fourth-order valence-corrected chi connectivity index (χ4v) is 2.61. The molecule has 0 fully saturated rings. The molecule has 4 nitrogen and oxygen atoms in total. The van der Waals surface area contributed by atoms with Crippen molar-refractivity contribution >= 4 is 0 Å². The van der Waals surface area contributed by atoms with Gasteiger partial charge in [-0.2, -0.15) is 0 Å². The van der Waals surface area contributed by atoms with E-state index in [1.54, 1.807) is 30.6 Å². The highest BCUT2D eigenvalue weighted by molar-refractivity contribution is 5.54. The zero-order chi connectivity index (χ0) is 17.4. The minimum atomic E-state index is -0.688. The van der Waals surface area contributed by atoms with E-state index in [1.807, 2.05) is 0 Å². The normalized spacial score (nSPS) is 11.0. The first kappa shape index (κ1) is 15.2. The number of benzene rings is 2. The van der Waals surface area contributed by atoms with Crippen molar-refractivity contribution in [3.05, 3.63) is 84.8 Å². The van der Waals surface area contributed by atoms with Crippen molar-refractivity contribution in [2.75, 3.05) is 0 Å². The Kier molecular flexibility index (Phi) is 3.61. The predicted octanol–water partition coefficient (Wildman–Crippen LogP) is 4.14. The van der Waals surface area contributed by atoms with E-state index in [9.17, 15) is 13.2 Å². The Hall–Kier alpha value is -3.35. The molecule has 0 radical (unpaired) electrons. The van der Waals surface area contributed by atoms with Gasteiger partial charge in [-0.05, 0) is 24.3 Å². The maximum Gasteiger partial charge on any atom is 0.164 e. The SMILES string of the molecule is Fc1cc(F)cc(-n2ccnc2-c2cn(-c3ccccc3F)cn2)c1. The Morgan fingerprint density at radius 3 is 2.40 bits per heavy atom. The van der Waals surface area contributed by atoms with Crippen LogP contribution in [0.1, 0.15) is 0 Å². The summed E-state index contributed by atoms with van der Waals surface area (Å²) < 4.78 is 43.9. The molecule has 0 bridgehead atoms. The molecule has 0 aliphatic rings. The molecule has 0 N–H and O–H groups in total. The standard InChI is InChI=1S/C18H11F3N4/c19-12-7-13(20)9-14(8-12)25-6-5-22-18(25)16-10-24(11-23-16)17-4-2-1-3-15(17)21/h1-11H. The van der Waals surface area contributed by atoms with Gasteiger partial charge in [0.25, 0.3) is 0 Å². The van der Waals surface area contributed by atoms with Crippen molar-refractivity contribution in [1.82, 2.24) is 19.1 Å². The summed E-state index contributed by atoms with van der Waals surface area (Å²) in [4.78, 5) is 8.43. The molecule has 0 amide bonds. The Labute approximate surface area is 140 Å². The topological polar surface area (TPSA) is 35.6 Å². The molecule has 0 atom stereocenters. The van der Waals surface area contributed by atoms with Crippen molar-refractivity contribution in [3.8, 4) is 22.9 Å². The fraction of sp³-hybridized carbons (Fsp3) is 0. The van der Waals surface area contributed by atoms with Crippen LogP contribution in [0.25, 0.3) is 22.9 Å². The second kappa shape index (κ2) is 5.94. The number of halogens is 3. The van der Waals surface area contributed by atoms with E-state index < -0.39 is 11.6 Å². The van der Waals surface area contributed by atoms with Crippen LogP contribution in [0.2, 0.25) is 0 Å². The first-order valence-corrected chi connectivity index (χ1v) is 7.41. The summed E-state index contributed by atoms with van der Waals surface area (Å²) in [5.41, 5.74) is 1.07. The van der Waals surface area contributed by atoms with Gasteiger partial charge in [-0.25, -0.2) is 23.1 Å². The van der Waals surface area contributed by atoms with E-state index in [-0.39, 0.29) is 11.5 Å². The number of nitrogens with zero attached hydrogens (tertiary/aromatic N) is 4. The molecule has 4 aromatic rings. The molecule has 0 aliphatic heterocycles. The van der Waals surface area contributed by atoms with Gasteiger partial charge in [0.1, 0.15) is 29.5 Å². The molecular weight excluding hydrogens is 329 g/mol. The van der Waals surface area contributed by atoms with Crippen LogP contribution in [0, 0.1) is 17.5 Å². The lowest BCUT2D eigenvalue weighted by atomic mass is 10.3. The lowest BCUT2D eigenvalue weighted by Gasteiger charge is -2.07. The van der Waals surface area contributed by atoms with Crippen molar-refractivity contribution in [2.45, 2.75) is 0 Å². The molecule has 0 aliphatic carbocycles. The molecule has 124 valence electrons. The van der Waals surface area contributed by atoms with Gasteiger partial charge in [0.05, 0.1) is 11.4 Å². The summed E-state index contributed by atoms with van der Waals surface area (Å²) in [5.74, 6) is -1.37. The van der Waals surface area contributed by atoms with Crippen LogP contribution in [0.3, 0.4) is 0 Å². The molecule has 2 aromatic heterocycles. The second-order valence-corrected chi connectivity index (χ2v) is 5.37. The maximum absolute atomic E-state index is 13.9. The monoisotopic (exact) mass is 340 g/mol. The smallest absolute Gasteiger partial charge is 0.164 e. The molecule has 0 saturated heterocycles. The zero-order valence-electron chi connectivity index (χ0n) is 12.8. The van der Waals surface area contributed by atoms with Crippen LogP contribution in [-0.2, 0) is 0 Å². The Morgan fingerprint density at radius 2 is 1.64 bits per heavy atom. The number of hydrogen-bond acceptors (Lipinski definition) is 2. The minimum absolute atomic E-state index is 0.283. The number of aromatic nitrogens is 4. The van der Waals surface area contributed by atoms with Crippen LogP contribution >= 0.6 is 0 Å². The molecule has 0 spiro atoms. The summed E-state index contributed by atoms with van der Waals surface area (Å²) >= 11 is 0. The fourth-order valence-electron chi connectivity index (χ4n) is 2.61.